The Labute approximate surface area is 336 Å². The van der Waals surface area contributed by atoms with E-state index in [1.54, 1.807) is 0 Å². The highest BCUT2D eigenvalue weighted by Crippen LogP contribution is 2.17. The zero-order valence-corrected chi connectivity index (χ0v) is 36.7. The minimum atomic E-state index is -0.757. The lowest BCUT2D eigenvalue weighted by Gasteiger charge is -2.18. The zero-order chi connectivity index (χ0) is 39.6. The molecule has 0 saturated heterocycles. The molecule has 0 radical (unpaired) electrons. The maximum absolute atomic E-state index is 12.7. The van der Waals surface area contributed by atoms with Crippen molar-refractivity contribution in [3.05, 3.63) is 0 Å². The summed E-state index contributed by atoms with van der Waals surface area (Å²) in [5.41, 5.74) is 0. The molecule has 0 heterocycles. The molecule has 54 heavy (non-hydrogen) atoms. The highest BCUT2D eigenvalue weighted by Gasteiger charge is 2.19. The van der Waals surface area contributed by atoms with Crippen molar-refractivity contribution < 1.29 is 28.6 Å². The van der Waals surface area contributed by atoms with Gasteiger partial charge < -0.3 is 14.2 Å². The first-order valence-corrected chi connectivity index (χ1v) is 23.9. The summed E-state index contributed by atoms with van der Waals surface area (Å²) in [6.45, 7) is 8.94. The van der Waals surface area contributed by atoms with Gasteiger partial charge in [0.2, 0.25) is 0 Å². The van der Waals surface area contributed by atoms with Crippen LogP contribution in [-0.2, 0) is 28.6 Å². The molecule has 0 N–H and O–H groups in total. The van der Waals surface area contributed by atoms with Crippen molar-refractivity contribution in [3.8, 4) is 0 Å². The molecule has 0 unspecified atom stereocenters. The third-order valence-corrected chi connectivity index (χ3v) is 10.8. The predicted octanol–water partition coefficient (Wildman–Crippen LogP) is 15.1. The second-order valence-electron chi connectivity index (χ2n) is 16.9. The number of rotatable bonds is 43. The molecule has 1 atom stereocenters. The molecule has 0 aliphatic carbocycles. The first-order chi connectivity index (χ1) is 26.4. The molecule has 0 aromatic carbocycles. The Morgan fingerprint density at radius 3 is 0.907 bits per heavy atom. The summed E-state index contributed by atoms with van der Waals surface area (Å²) < 4.78 is 16.6. The van der Waals surface area contributed by atoms with E-state index < -0.39 is 6.10 Å². The van der Waals surface area contributed by atoms with E-state index in [2.05, 4.69) is 27.7 Å². The fourth-order valence-electron chi connectivity index (χ4n) is 7.16. The number of esters is 3. The van der Waals surface area contributed by atoms with Crippen LogP contribution in [0.4, 0.5) is 0 Å². The van der Waals surface area contributed by atoms with Crippen molar-refractivity contribution in [1.29, 1.82) is 0 Å². The molecule has 0 aromatic heterocycles. The molecule has 6 heteroatoms. The van der Waals surface area contributed by atoms with E-state index in [4.69, 9.17) is 14.2 Å². The lowest BCUT2D eigenvalue weighted by Crippen LogP contribution is -2.30. The number of hydrogen-bond donors (Lipinski definition) is 0. The van der Waals surface area contributed by atoms with Crippen LogP contribution < -0.4 is 0 Å². The van der Waals surface area contributed by atoms with Crippen LogP contribution >= 0.6 is 0 Å². The van der Waals surface area contributed by atoms with Crippen LogP contribution in [0.5, 0.6) is 0 Å². The minimum absolute atomic E-state index is 0.0646. The molecule has 320 valence electrons. The third-order valence-electron chi connectivity index (χ3n) is 10.8. The molecule has 0 aliphatic heterocycles. The van der Waals surface area contributed by atoms with E-state index in [-0.39, 0.29) is 31.1 Å². The Bertz CT molecular complexity index is 811. The van der Waals surface area contributed by atoms with Crippen LogP contribution in [0.1, 0.15) is 265 Å². The summed E-state index contributed by atoms with van der Waals surface area (Å²) in [4.78, 5) is 37.4. The summed E-state index contributed by atoms with van der Waals surface area (Å²) in [7, 11) is 0. The van der Waals surface area contributed by atoms with Gasteiger partial charge in [0.25, 0.3) is 0 Å². The van der Waals surface area contributed by atoms with E-state index in [0.717, 1.165) is 70.1 Å². The molecule has 6 nitrogen and oxygen atoms in total. The van der Waals surface area contributed by atoms with Crippen LogP contribution in [0.25, 0.3) is 0 Å². The standard InChI is InChI=1S/C48H92O6/c1-5-7-9-11-12-13-25-28-32-36-40-47(50)53-43-45(42-52-46(49)39-35-30-10-8-6-2)54-48(51)41-37-33-29-26-23-21-19-17-15-14-16-18-20-22-24-27-31-34-38-44(3)4/h44-45H,5-43H2,1-4H3/t45-/m0/s1. The Hall–Kier alpha value is -1.59. The third kappa shape index (κ3) is 41.6. The molecule has 0 spiro atoms. The Balaban J connectivity index is 4.06. The average molecular weight is 765 g/mol. The fourth-order valence-corrected chi connectivity index (χ4v) is 7.16. The Morgan fingerprint density at radius 1 is 0.352 bits per heavy atom. The van der Waals surface area contributed by atoms with Crippen molar-refractivity contribution >= 4 is 17.9 Å². The number of unbranched alkanes of at least 4 members (excludes halogenated alkanes) is 30. The van der Waals surface area contributed by atoms with Crippen molar-refractivity contribution in [2.45, 2.75) is 271 Å². The molecular weight excluding hydrogens is 673 g/mol. The van der Waals surface area contributed by atoms with Crippen molar-refractivity contribution in [2.75, 3.05) is 13.2 Å². The van der Waals surface area contributed by atoms with E-state index >= 15 is 0 Å². The maximum Gasteiger partial charge on any atom is 0.306 e. The summed E-state index contributed by atoms with van der Waals surface area (Å²) in [5.74, 6) is -0.00869. The first-order valence-electron chi connectivity index (χ1n) is 23.9. The van der Waals surface area contributed by atoms with Gasteiger partial charge in [-0.1, -0.05) is 227 Å². The number of carbonyl (C=O) groups excluding carboxylic acids is 3. The topological polar surface area (TPSA) is 78.9 Å². The SMILES string of the molecule is CCCCCCCCCCCCC(=O)OC[C@H](COC(=O)CCCCCCC)OC(=O)CCCCCCCCCCCCCCCCCCCCC(C)C. The van der Waals surface area contributed by atoms with Crippen LogP contribution in [0.2, 0.25) is 0 Å². The predicted molar refractivity (Wildman–Crippen MR) is 229 cm³/mol. The normalized spacial score (nSPS) is 11.9. The minimum Gasteiger partial charge on any atom is -0.462 e. The lowest BCUT2D eigenvalue weighted by molar-refractivity contribution is -0.167. The first kappa shape index (κ1) is 52.4. The number of hydrogen-bond acceptors (Lipinski definition) is 6. The van der Waals surface area contributed by atoms with Crippen LogP contribution in [-0.4, -0.2) is 37.2 Å². The van der Waals surface area contributed by atoms with Gasteiger partial charge in [0.1, 0.15) is 13.2 Å². The van der Waals surface area contributed by atoms with Crippen LogP contribution in [0, 0.1) is 5.92 Å². The lowest BCUT2D eigenvalue weighted by atomic mass is 10.0. The summed E-state index contributed by atoms with van der Waals surface area (Å²) in [6.07, 6.45) is 42.7. The Kier molecular flexibility index (Phi) is 41.3. The highest BCUT2D eigenvalue weighted by molar-refractivity contribution is 5.71. The molecule has 0 amide bonds. The van der Waals surface area contributed by atoms with Crippen molar-refractivity contribution in [2.24, 2.45) is 5.92 Å². The molecule has 0 bridgehead atoms. The van der Waals surface area contributed by atoms with E-state index in [1.165, 1.54) is 154 Å². The van der Waals surface area contributed by atoms with Crippen LogP contribution in [0.15, 0.2) is 0 Å². The van der Waals surface area contributed by atoms with Gasteiger partial charge >= 0.3 is 17.9 Å². The average Bonchev–Trinajstić information content (AvgIpc) is 3.15. The molecule has 0 aromatic rings. The molecule has 0 fully saturated rings. The monoisotopic (exact) mass is 765 g/mol. The van der Waals surface area contributed by atoms with Gasteiger partial charge in [-0.25, -0.2) is 0 Å². The van der Waals surface area contributed by atoms with E-state index in [1.807, 2.05) is 0 Å². The molecule has 0 aliphatic rings. The van der Waals surface area contributed by atoms with Gasteiger partial charge in [0, 0.05) is 19.3 Å². The van der Waals surface area contributed by atoms with E-state index in [0.29, 0.717) is 19.3 Å². The van der Waals surface area contributed by atoms with Gasteiger partial charge in [-0.15, -0.1) is 0 Å². The van der Waals surface area contributed by atoms with Gasteiger partial charge in [-0.3, -0.25) is 14.4 Å². The zero-order valence-electron chi connectivity index (χ0n) is 36.7. The van der Waals surface area contributed by atoms with E-state index in [9.17, 15) is 14.4 Å². The second-order valence-corrected chi connectivity index (χ2v) is 16.9. The van der Waals surface area contributed by atoms with Gasteiger partial charge in [-0.2, -0.15) is 0 Å². The van der Waals surface area contributed by atoms with Crippen molar-refractivity contribution in [1.82, 2.24) is 0 Å². The second kappa shape index (κ2) is 42.6. The summed E-state index contributed by atoms with van der Waals surface area (Å²) in [5, 5.41) is 0. The van der Waals surface area contributed by atoms with Gasteiger partial charge in [0.05, 0.1) is 0 Å². The smallest absolute Gasteiger partial charge is 0.306 e. The quantitative estimate of drug-likeness (QED) is 0.0349. The number of carbonyl (C=O) groups is 3. The number of ether oxygens (including phenoxy) is 3. The highest BCUT2D eigenvalue weighted by atomic mass is 16.6. The van der Waals surface area contributed by atoms with Crippen LogP contribution in [0.3, 0.4) is 0 Å². The summed E-state index contributed by atoms with van der Waals surface area (Å²) in [6, 6.07) is 0. The van der Waals surface area contributed by atoms with Crippen molar-refractivity contribution in [3.63, 3.8) is 0 Å². The van der Waals surface area contributed by atoms with Gasteiger partial charge in [0.15, 0.2) is 6.10 Å². The molecule has 0 saturated carbocycles. The fraction of sp³-hybridized carbons (Fsp3) is 0.938. The largest absolute Gasteiger partial charge is 0.462 e. The molecular formula is C48H92O6. The maximum atomic E-state index is 12.7. The molecule has 0 rings (SSSR count). The summed E-state index contributed by atoms with van der Waals surface area (Å²) >= 11 is 0. The Morgan fingerprint density at radius 2 is 0.611 bits per heavy atom. The van der Waals surface area contributed by atoms with Gasteiger partial charge in [-0.05, 0) is 25.2 Å².